The molecule has 28 heavy (non-hydrogen) atoms. The molecule has 0 aliphatic rings. The number of nitrogens with two attached hydrogens (primary N) is 1. The predicted molar refractivity (Wildman–Crippen MR) is 111 cm³/mol. The first-order valence-electron chi connectivity index (χ1n) is 8.62. The molecule has 7 heteroatoms. The van der Waals surface area contributed by atoms with Crippen molar-refractivity contribution < 1.29 is 14.6 Å². The van der Waals surface area contributed by atoms with Gasteiger partial charge in [-0.15, -0.1) is 0 Å². The number of carbonyl (C=O) groups is 1. The maximum atomic E-state index is 11.6. The number of primary amides is 1. The van der Waals surface area contributed by atoms with Crippen molar-refractivity contribution in [3.05, 3.63) is 65.2 Å². The van der Waals surface area contributed by atoms with Crippen LogP contribution in [0.2, 0.25) is 5.02 Å². The number of pyridine rings is 1. The smallest absolute Gasteiger partial charge is 0.252 e. The number of amides is 1. The SMILES string of the molecule is COCCNc1cc(-c2ccccc2Cl)cc(-c2ccc(O)c(C(N)=O)c2)n1. The molecule has 0 atom stereocenters. The standard InChI is InChI=1S/C21H20ClN3O3/c1-28-9-8-24-20-12-14(15-4-2-3-5-17(15)22)11-18(25-20)13-6-7-19(26)16(10-13)21(23)27/h2-7,10-12,26H,8-9H2,1H3,(H2,23,27)(H,24,25). The number of nitrogens with zero attached hydrogens (tertiary/aromatic N) is 1. The lowest BCUT2D eigenvalue weighted by Crippen LogP contribution is -2.11. The fourth-order valence-corrected chi connectivity index (χ4v) is 3.04. The van der Waals surface area contributed by atoms with Gasteiger partial charge in [0.2, 0.25) is 0 Å². The molecule has 0 saturated carbocycles. The Morgan fingerprint density at radius 2 is 1.96 bits per heavy atom. The molecule has 1 heterocycles. The summed E-state index contributed by atoms with van der Waals surface area (Å²) in [7, 11) is 1.63. The van der Waals surface area contributed by atoms with Gasteiger partial charge in [0.25, 0.3) is 5.91 Å². The van der Waals surface area contributed by atoms with E-state index in [4.69, 9.17) is 22.1 Å². The van der Waals surface area contributed by atoms with Crippen LogP contribution in [0.4, 0.5) is 5.82 Å². The number of methoxy groups -OCH3 is 1. The van der Waals surface area contributed by atoms with Gasteiger partial charge in [0.05, 0.1) is 17.9 Å². The Bertz CT molecular complexity index is 1010. The number of ether oxygens (including phenoxy) is 1. The molecule has 0 bridgehead atoms. The number of aromatic hydroxyl groups is 1. The van der Waals surface area contributed by atoms with Crippen LogP contribution in [0, 0.1) is 0 Å². The Balaban J connectivity index is 2.11. The summed E-state index contributed by atoms with van der Waals surface area (Å²) < 4.78 is 5.08. The van der Waals surface area contributed by atoms with Gasteiger partial charge in [0, 0.05) is 29.8 Å². The molecule has 0 aliphatic heterocycles. The first kappa shape index (κ1) is 19.7. The third-order valence-electron chi connectivity index (χ3n) is 4.18. The van der Waals surface area contributed by atoms with Gasteiger partial charge in [-0.25, -0.2) is 4.98 Å². The summed E-state index contributed by atoms with van der Waals surface area (Å²) in [5.74, 6) is -0.241. The van der Waals surface area contributed by atoms with Crippen LogP contribution >= 0.6 is 11.6 Å². The number of benzene rings is 2. The molecule has 144 valence electrons. The number of phenols is 1. The molecule has 0 radical (unpaired) electrons. The van der Waals surface area contributed by atoms with E-state index in [0.29, 0.717) is 35.2 Å². The molecular weight excluding hydrogens is 378 g/mol. The van der Waals surface area contributed by atoms with Crippen molar-refractivity contribution in [3.63, 3.8) is 0 Å². The predicted octanol–water partition coefficient (Wildman–Crippen LogP) is 3.93. The summed E-state index contributed by atoms with van der Waals surface area (Å²) in [5.41, 5.74) is 8.37. The Morgan fingerprint density at radius 3 is 2.68 bits per heavy atom. The van der Waals surface area contributed by atoms with E-state index >= 15 is 0 Å². The van der Waals surface area contributed by atoms with Gasteiger partial charge in [-0.2, -0.15) is 0 Å². The molecule has 1 amide bonds. The van der Waals surface area contributed by atoms with Crippen LogP contribution in [0.1, 0.15) is 10.4 Å². The van der Waals surface area contributed by atoms with E-state index in [2.05, 4.69) is 10.3 Å². The van der Waals surface area contributed by atoms with Gasteiger partial charge < -0.3 is 20.9 Å². The zero-order valence-corrected chi connectivity index (χ0v) is 16.0. The molecule has 0 unspecified atom stereocenters. The highest BCUT2D eigenvalue weighted by molar-refractivity contribution is 6.33. The maximum absolute atomic E-state index is 11.6. The first-order chi connectivity index (χ1) is 13.5. The van der Waals surface area contributed by atoms with Crippen molar-refractivity contribution in [3.8, 4) is 28.1 Å². The molecule has 0 fully saturated rings. The van der Waals surface area contributed by atoms with Gasteiger partial charge in [0.15, 0.2) is 0 Å². The Morgan fingerprint density at radius 1 is 1.18 bits per heavy atom. The van der Waals surface area contributed by atoms with E-state index < -0.39 is 5.91 Å². The molecular formula is C21H20ClN3O3. The number of hydrogen-bond donors (Lipinski definition) is 3. The van der Waals surface area contributed by atoms with E-state index in [-0.39, 0.29) is 11.3 Å². The van der Waals surface area contributed by atoms with Crippen LogP contribution < -0.4 is 11.1 Å². The average molecular weight is 398 g/mol. The number of rotatable bonds is 7. The van der Waals surface area contributed by atoms with Crippen LogP contribution in [-0.2, 0) is 4.74 Å². The third kappa shape index (κ3) is 4.42. The number of anilines is 1. The van der Waals surface area contributed by atoms with Crippen LogP contribution in [0.3, 0.4) is 0 Å². The number of aromatic nitrogens is 1. The molecule has 0 saturated heterocycles. The minimum absolute atomic E-state index is 0.0383. The second-order valence-electron chi connectivity index (χ2n) is 6.12. The number of nitrogens with one attached hydrogen (secondary N) is 1. The van der Waals surface area contributed by atoms with Crippen LogP contribution in [-0.4, -0.2) is 36.3 Å². The van der Waals surface area contributed by atoms with E-state index in [1.807, 2.05) is 36.4 Å². The summed E-state index contributed by atoms with van der Waals surface area (Å²) in [6.07, 6.45) is 0. The van der Waals surface area contributed by atoms with Gasteiger partial charge in [-0.1, -0.05) is 29.8 Å². The molecule has 3 aromatic rings. The zero-order valence-electron chi connectivity index (χ0n) is 15.3. The number of halogens is 1. The number of hydrogen-bond acceptors (Lipinski definition) is 5. The third-order valence-corrected chi connectivity index (χ3v) is 4.51. The second kappa shape index (κ2) is 8.73. The van der Waals surface area contributed by atoms with E-state index in [9.17, 15) is 9.90 Å². The van der Waals surface area contributed by atoms with Crippen LogP contribution in [0.5, 0.6) is 5.75 Å². The number of carbonyl (C=O) groups excluding carboxylic acids is 1. The largest absolute Gasteiger partial charge is 0.507 e. The molecule has 3 rings (SSSR count). The topological polar surface area (TPSA) is 97.5 Å². The molecule has 0 spiro atoms. The van der Waals surface area contributed by atoms with Crippen LogP contribution in [0.25, 0.3) is 22.4 Å². The molecule has 6 nitrogen and oxygen atoms in total. The van der Waals surface area contributed by atoms with E-state index in [0.717, 1.165) is 11.1 Å². The summed E-state index contributed by atoms with van der Waals surface area (Å²) in [4.78, 5) is 16.2. The summed E-state index contributed by atoms with van der Waals surface area (Å²) in [6.45, 7) is 1.11. The monoisotopic (exact) mass is 397 g/mol. The Hall–Kier alpha value is -3.09. The Kier molecular flexibility index (Phi) is 6.13. The highest BCUT2D eigenvalue weighted by Gasteiger charge is 2.13. The van der Waals surface area contributed by atoms with Crippen molar-refractivity contribution in [2.75, 3.05) is 25.6 Å². The molecule has 2 aromatic carbocycles. The quantitative estimate of drug-likeness (QED) is 0.525. The van der Waals surface area contributed by atoms with Crippen molar-refractivity contribution in [2.45, 2.75) is 0 Å². The first-order valence-corrected chi connectivity index (χ1v) is 9.00. The van der Waals surface area contributed by atoms with E-state index in [1.165, 1.54) is 12.1 Å². The lowest BCUT2D eigenvalue weighted by molar-refractivity contribution is 0.0998. The summed E-state index contributed by atoms with van der Waals surface area (Å²) in [6, 6.07) is 15.9. The summed E-state index contributed by atoms with van der Waals surface area (Å²) in [5, 5.41) is 13.7. The molecule has 1 aromatic heterocycles. The highest BCUT2D eigenvalue weighted by atomic mass is 35.5. The van der Waals surface area contributed by atoms with Gasteiger partial charge >= 0.3 is 0 Å². The highest BCUT2D eigenvalue weighted by Crippen LogP contribution is 2.33. The van der Waals surface area contributed by atoms with Gasteiger partial charge in [-0.05, 0) is 42.0 Å². The fourth-order valence-electron chi connectivity index (χ4n) is 2.79. The second-order valence-corrected chi connectivity index (χ2v) is 6.53. The van der Waals surface area contributed by atoms with E-state index in [1.54, 1.807) is 13.2 Å². The minimum atomic E-state index is -0.708. The average Bonchev–Trinajstić information content (AvgIpc) is 2.68. The maximum Gasteiger partial charge on any atom is 0.252 e. The van der Waals surface area contributed by atoms with Crippen molar-refractivity contribution in [2.24, 2.45) is 5.73 Å². The lowest BCUT2D eigenvalue weighted by Gasteiger charge is -2.13. The van der Waals surface area contributed by atoms with Gasteiger partial charge in [0.1, 0.15) is 11.6 Å². The molecule has 4 N–H and O–H groups in total. The Labute approximate surface area is 167 Å². The zero-order chi connectivity index (χ0) is 20.1. The van der Waals surface area contributed by atoms with Crippen molar-refractivity contribution >= 4 is 23.3 Å². The fraction of sp³-hybridized carbons (Fsp3) is 0.143. The minimum Gasteiger partial charge on any atom is -0.507 e. The molecule has 0 aliphatic carbocycles. The van der Waals surface area contributed by atoms with Crippen molar-refractivity contribution in [1.29, 1.82) is 0 Å². The normalized spacial score (nSPS) is 10.6. The lowest BCUT2D eigenvalue weighted by atomic mass is 10.0. The van der Waals surface area contributed by atoms with Crippen molar-refractivity contribution in [1.82, 2.24) is 4.98 Å². The van der Waals surface area contributed by atoms with Gasteiger partial charge in [-0.3, -0.25) is 4.79 Å². The van der Waals surface area contributed by atoms with Crippen LogP contribution in [0.15, 0.2) is 54.6 Å². The summed E-state index contributed by atoms with van der Waals surface area (Å²) >= 11 is 6.37.